The Hall–Kier alpha value is -3.11. The summed E-state index contributed by atoms with van der Waals surface area (Å²) in [6.07, 6.45) is 1.62. The first-order valence-electron chi connectivity index (χ1n) is 9.49. The normalized spacial score (nSPS) is 14.6. The highest BCUT2D eigenvalue weighted by molar-refractivity contribution is 7.92. The number of carbonyl (C=O) groups excluding carboxylic acids is 1. The second-order valence-corrected chi connectivity index (χ2v) is 8.29. The van der Waals surface area contributed by atoms with E-state index in [9.17, 15) is 13.2 Å². The number of anilines is 2. The van der Waals surface area contributed by atoms with Crippen molar-refractivity contribution in [3.05, 3.63) is 48.4 Å². The first-order chi connectivity index (χ1) is 14.5. The number of aromatic nitrogens is 1. The average Bonchev–Trinajstić information content (AvgIpc) is 3.18. The van der Waals surface area contributed by atoms with Crippen LogP contribution in [0.25, 0.3) is 11.0 Å². The van der Waals surface area contributed by atoms with Crippen LogP contribution in [0.5, 0.6) is 0 Å². The van der Waals surface area contributed by atoms with Gasteiger partial charge >= 0.3 is 5.97 Å². The van der Waals surface area contributed by atoms with Gasteiger partial charge in [-0.2, -0.15) is 0 Å². The maximum atomic E-state index is 13.0. The number of furan rings is 1. The molecule has 0 amide bonds. The van der Waals surface area contributed by atoms with Gasteiger partial charge in [0.15, 0.2) is 5.82 Å². The Morgan fingerprint density at radius 2 is 2.03 bits per heavy atom. The van der Waals surface area contributed by atoms with E-state index < -0.39 is 16.0 Å². The van der Waals surface area contributed by atoms with E-state index in [-0.39, 0.29) is 22.8 Å². The lowest BCUT2D eigenvalue weighted by atomic mass is 10.2. The van der Waals surface area contributed by atoms with Gasteiger partial charge < -0.3 is 18.8 Å². The molecule has 3 aromatic rings. The van der Waals surface area contributed by atoms with Gasteiger partial charge in [0.2, 0.25) is 5.76 Å². The van der Waals surface area contributed by atoms with Crippen LogP contribution in [0.2, 0.25) is 0 Å². The summed E-state index contributed by atoms with van der Waals surface area (Å²) in [4.78, 5) is 18.2. The minimum Gasteiger partial charge on any atom is -0.460 e. The number of ether oxygens (including phenoxy) is 2. The zero-order chi connectivity index (χ0) is 21.1. The van der Waals surface area contributed by atoms with Crippen LogP contribution in [-0.2, 0) is 19.5 Å². The molecular weight excluding hydrogens is 410 g/mol. The molecule has 9 nitrogen and oxygen atoms in total. The number of fused-ring (bicyclic) bond motifs is 1. The Balaban J connectivity index is 1.63. The predicted octanol–water partition coefficient (Wildman–Crippen LogP) is 2.64. The zero-order valence-corrected chi connectivity index (χ0v) is 17.1. The van der Waals surface area contributed by atoms with Gasteiger partial charge in [-0.1, -0.05) is 0 Å². The van der Waals surface area contributed by atoms with Crippen molar-refractivity contribution in [2.45, 2.75) is 11.8 Å². The van der Waals surface area contributed by atoms with E-state index in [2.05, 4.69) is 9.71 Å². The third-order valence-electron chi connectivity index (χ3n) is 4.62. The highest BCUT2D eigenvalue weighted by atomic mass is 32.2. The Bertz CT molecular complexity index is 1170. The molecular formula is C20H21N3O6S. The predicted molar refractivity (Wildman–Crippen MR) is 110 cm³/mol. The number of benzene rings is 1. The van der Waals surface area contributed by atoms with Crippen molar-refractivity contribution in [3.63, 3.8) is 0 Å². The van der Waals surface area contributed by atoms with Crippen molar-refractivity contribution in [1.29, 1.82) is 0 Å². The number of sulfonamides is 1. The number of rotatable bonds is 6. The summed E-state index contributed by atoms with van der Waals surface area (Å²) in [5.74, 6) is -0.0222. The summed E-state index contributed by atoms with van der Waals surface area (Å²) in [6.45, 7) is 4.28. The van der Waals surface area contributed by atoms with Gasteiger partial charge in [0, 0.05) is 30.7 Å². The van der Waals surface area contributed by atoms with Crippen LogP contribution in [0.4, 0.5) is 11.5 Å². The fraction of sp³-hybridized carbons (Fsp3) is 0.300. The molecule has 0 unspecified atom stereocenters. The molecule has 2 aromatic heterocycles. The Kier molecular flexibility index (Phi) is 5.60. The van der Waals surface area contributed by atoms with Crippen molar-refractivity contribution in [3.8, 4) is 0 Å². The van der Waals surface area contributed by atoms with Gasteiger partial charge in [-0.05, 0) is 37.3 Å². The van der Waals surface area contributed by atoms with Gasteiger partial charge in [0.25, 0.3) is 10.0 Å². The molecule has 0 aliphatic carbocycles. The number of nitrogens with zero attached hydrogens (tertiary/aromatic N) is 2. The molecule has 10 heteroatoms. The maximum absolute atomic E-state index is 13.0. The fourth-order valence-electron chi connectivity index (χ4n) is 3.19. The summed E-state index contributed by atoms with van der Waals surface area (Å²) in [7, 11) is -3.91. The molecule has 1 aromatic carbocycles. The van der Waals surface area contributed by atoms with E-state index >= 15 is 0 Å². The van der Waals surface area contributed by atoms with Crippen LogP contribution < -0.4 is 9.62 Å². The molecule has 0 bridgehead atoms. The second-order valence-electron chi connectivity index (χ2n) is 6.61. The van der Waals surface area contributed by atoms with Crippen LogP contribution >= 0.6 is 0 Å². The van der Waals surface area contributed by atoms with E-state index in [4.69, 9.17) is 13.9 Å². The second kappa shape index (κ2) is 8.33. The quantitative estimate of drug-likeness (QED) is 0.593. The number of carbonyl (C=O) groups is 1. The summed E-state index contributed by atoms with van der Waals surface area (Å²) < 4.78 is 44.4. The SMILES string of the molecule is CCOC(=O)c1cc2ccc(S(=O)(=O)Nc3cccnc3N3CCOCC3)cc2o1. The number of esters is 1. The number of pyridine rings is 1. The maximum Gasteiger partial charge on any atom is 0.374 e. The molecule has 1 fully saturated rings. The molecule has 0 radical (unpaired) electrons. The van der Waals surface area contributed by atoms with Crippen LogP contribution in [0, 0.1) is 0 Å². The fourth-order valence-corrected chi connectivity index (χ4v) is 4.26. The lowest BCUT2D eigenvalue weighted by molar-refractivity contribution is 0.0492. The smallest absolute Gasteiger partial charge is 0.374 e. The van der Waals surface area contributed by atoms with Crippen LogP contribution in [0.3, 0.4) is 0 Å². The summed E-state index contributed by atoms with van der Waals surface area (Å²) in [5.41, 5.74) is 0.659. The first-order valence-corrected chi connectivity index (χ1v) is 11.0. The van der Waals surface area contributed by atoms with Crippen molar-refractivity contribution in [1.82, 2.24) is 4.98 Å². The molecule has 0 saturated carbocycles. The monoisotopic (exact) mass is 431 g/mol. The van der Waals surface area contributed by atoms with Crippen LogP contribution in [-0.4, -0.2) is 52.3 Å². The molecule has 1 aliphatic rings. The number of nitrogens with one attached hydrogen (secondary N) is 1. The van der Waals surface area contributed by atoms with Gasteiger partial charge in [0.05, 0.1) is 30.4 Å². The van der Waals surface area contributed by atoms with Crippen molar-refractivity contribution < 1.29 is 27.1 Å². The Morgan fingerprint density at radius 1 is 1.23 bits per heavy atom. The molecule has 0 spiro atoms. The van der Waals surface area contributed by atoms with E-state index in [0.717, 1.165) is 0 Å². The Labute approximate surface area is 173 Å². The zero-order valence-electron chi connectivity index (χ0n) is 16.3. The minimum atomic E-state index is -3.91. The van der Waals surface area contributed by atoms with Gasteiger partial charge in [-0.15, -0.1) is 0 Å². The molecule has 158 valence electrons. The number of hydrogen-bond donors (Lipinski definition) is 1. The third kappa shape index (κ3) is 4.10. The standard InChI is InChI=1S/C20H21N3O6S/c1-2-28-20(24)18-12-14-5-6-15(13-17(14)29-18)30(25,26)22-16-4-3-7-21-19(16)23-8-10-27-11-9-23/h3-7,12-13,22H,2,8-11H2,1H3. The van der Waals surface area contributed by atoms with Crippen LogP contribution in [0.15, 0.2) is 51.9 Å². The summed E-state index contributed by atoms with van der Waals surface area (Å²) in [6, 6.07) is 9.28. The minimum absolute atomic E-state index is 0.0107. The largest absolute Gasteiger partial charge is 0.460 e. The molecule has 4 rings (SSSR count). The molecule has 1 N–H and O–H groups in total. The van der Waals surface area contributed by atoms with E-state index in [1.165, 1.54) is 18.2 Å². The Morgan fingerprint density at radius 3 is 2.80 bits per heavy atom. The average molecular weight is 431 g/mol. The van der Waals surface area contributed by atoms with Gasteiger partial charge in [-0.3, -0.25) is 4.72 Å². The lowest BCUT2D eigenvalue weighted by Crippen LogP contribution is -2.37. The van der Waals surface area contributed by atoms with Crippen molar-refractivity contribution in [2.24, 2.45) is 0 Å². The summed E-state index contributed by atoms with van der Waals surface area (Å²) >= 11 is 0. The van der Waals surface area contributed by atoms with E-state index in [1.54, 1.807) is 31.3 Å². The van der Waals surface area contributed by atoms with Gasteiger partial charge in [-0.25, -0.2) is 18.2 Å². The van der Waals surface area contributed by atoms with Crippen LogP contribution in [0.1, 0.15) is 17.5 Å². The molecule has 1 aliphatic heterocycles. The topological polar surface area (TPSA) is 111 Å². The molecule has 3 heterocycles. The number of morpholine rings is 1. The molecule has 30 heavy (non-hydrogen) atoms. The highest BCUT2D eigenvalue weighted by Crippen LogP contribution is 2.28. The van der Waals surface area contributed by atoms with E-state index in [1.807, 2.05) is 4.90 Å². The van der Waals surface area contributed by atoms with Crippen molar-refractivity contribution in [2.75, 3.05) is 42.5 Å². The third-order valence-corrected chi connectivity index (χ3v) is 5.98. The van der Waals surface area contributed by atoms with Gasteiger partial charge in [0.1, 0.15) is 5.58 Å². The van der Waals surface area contributed by atoms with E-state index in [0.29, 0.717) is 43.2 Å². The lowest BCUT2D eigenvalue weighted by Gasteiger charge is -2.29. The van der Waals surface area contributed by atoms with Crippen molar-refractivity contribution >= 4 is 38.5 Å². The number of hydrogen-bond acceptors (Lipinski definition) is 8. The molecule has 1 saturated heterocycles. The molecule has 0 atom stereocenters. The first kappa shape index (κ1) is 20.2. The summed E-state index contributed by atoms with van der Waals surface area (Å²) in [5, 5.41) is 0.604. The highest BCUT2D eigenvalue weighted by Gasteiger charge is 2.22.